The monoisotopic (exact) mass is 364 g/mol. The molecule has 1 amide bonds. The highest BCUT2D eigenvalue weighted by Gasteiger charge is 2.18. The zero-order valence-electron chi connectivity index (χ0n) is 14.2. The number of nitrogens with zero attached hydrogens (tertiary/aromatic N) is 5. The van der Waals surface area contributed by atoms with Crippen LogP contribution in [-0.4, -0.2) is 30.1 Å². The van der Waals surface area contributed by atoms with Gasteiger partial charge >= 0.3 is 0 Å². The number of aryl methyl sites for hydroxylation is 2. The Morgan fingerprint density at radius 3 is 2.65 bits per heavy atom. The molecule has 0 bridgehead atoms. The first-order chi connectivity index (χ1) is 12.6. The Labute approximate surface area is 154 Å². The van der Waals surface area contributed by atoms with Crippen LogP contribution in [0.3, 0.4) is 0 Å². The zero-order chi connectivity index (χ0) is 18.1. The van der Waals surface area contributed by atoms with Gasteiger partial charge in [0, 0.05) is 42.4 Å². The van der Waals surface area contributed by atoms with Crippen LogP contribution in [-0.2, 0) is 7.05 Å². The summed E-state index contributed by atoms with van der Waals surface area (Å²) < 4.78 is 3.57. The average Bonchev–Trinajstić information content (AvgIpc) is 3.18. The maximum absolute atomic E-state index is 12.7. The second kappa shape index (κ2) is 6.64. The highest BCUT2D eigenvalue weighted by atomic mass is 32.2. The largest absolute Gasteiger partial charge is 0.329 e. The van der Waals surface area contributed by atoms with Crippen LogP contribution < -0.4 is 5.32 Å². The van der Waals surface area contributed by atoms with Crippen molar-refractivity contribution >= 4 is 29.0 Å². The highest BCUT2D eigenvalue weighted by Crippen LogP contribution is 2.27. The summed E-state index contributed by atoms with van der Waals surface area (Å²) in [6, 6.07) is 9.43. The molecule has 7 nitrogen and oxygen atoms in total. The van der Waals surface area contributed by atoms with Crippen molar-refractivity contribution in [2.24, 2.45) is 7.05 Å². The predicted octanol–water partition coefficient (Wildman–Crippen LogP) is 3.17. The normalized spacial score (nSPS) is 11.0. The van der Waals surface area contributed by atoms with E-state index in [1.54, 1.807) is 47.9 Å². The summed E-state index contributed by atoms with van der Waals surface area (Å²) in [7, 11) is 1.95. The average molecular weight is 364 g/mol. The molecule has 0 saturated carbocycles. The standard InChI is InChI=1S/C18H16N6OS/c1-12-15(16-19-8-3-10-24(16)22-12)17(25)21-13-4-6-14(7-5-13)26-18-20-9-11-23(18)2/h3-11H,1-2H3,(H,21,25). The lowest BCUT2D eigenvalue weighted by atomic mass is 10.2. The maximum Gasteiger partial charge on any atom is 0.261 e. The summed E-state index contributed by atoms with van der Waals surface area (Å²) in [5.41, 5.74) is 2.39. The smallest absolute Gasteiger partial charge is 0.261 e. The van der Waals surface area contributed by atoms with Gasteiger partial charge in [-0.15, -0.1) is 0 Å². The molecule has 0 unspecified atom stereocenters. The molecular weight excluding hydrogens is 348 g/mol. The molecule has 0 radical (unpaired) electrons. The number of nitrogens with one attached hydrogen (secondary N) is 1. The van der Waals surface area contributed by atoms with Crippen LogP contribution in [0, 0.1) is 6.92 Å². The number of benzene rings is 1. The van der Waals surface area contributed by atoms with Crippen molar-refractivity contribution in [2.75, 3.05) is 5.32 Å². The first kappa shape index (κ1) is 16.3. The Bertz CT molecular complexity index is 1080. The summed E-state index contributed by atoms with van der Waals surface area (Å²) in [6.45, 7) is 1.80. The van der Waals surface area contributed by atoms with Crippen molar-refractivity contribution in [3.8, 4) is 0 Å². The fraction of sp³-hybridized carbons (Fsp3) is 0.111. The molecular formula is C18H16N6OS. The maximum atomic E-state index is 12.7. The minimum atomic E-state index is -0.222. The third-order valence-corrected chi connectivity index (χ3v) is 4.98. The van der Waals surface area contributed by atoms with Crippen molar-refractivity contribution in [3.63, 3.8) is 0 Å². The lowest BCUT2D eigenvalue weighted by Crippen LogP contribution is -2.13. The fourth-order valence-electron chi connectivity index (χ4n) is 2.62. The van der Waals surface area contributed by atoms with Gasteiger partial charge in [-0.25, -0.2) is 14.5 Å². The number of fused-ring (bicyclic) bond motifs is 1. The SMILES string of the molecule is Cc1nn2cccnc2c1C(=O)Nc1ccc(Sc2nccn2C)cc1. The molecule has 0 aliphatic rings. The number of aromatic nitrogens is 5. The van der Waals surface area contributed by atoms with E-state index in [0.29, 0.717) is 22.6 Å². The van der Waals surface area contributed by atoms with E-state index >= 15 is 0 Å². The topological polar surface area (TPSA) is 77.1 Å². The Balaban J connectivity index is 1.52. The molecule has 0 aliphatic carbocycles. The van der Waals surface area contributed by atoms with Crippen molar-refractivity contribution in [3.05, 3.63) is 66.4 Å². The summed E-state index contributed by atoms with van der Waals surface area (Å²) >= 11 is 1.57. The molecule has 3 aromatic heterocycles. The van der Waals surface area contributed by atoms with Crippen molar-refractivity contribution in [2.45, 2.75) is 17.0 Å². The number of hydrogen-bond acceptors (Lipinski definition) is 5. The van der Waals surface area contributed by atoms with E-state index in [2.05, 4.69) is 20.4 Å². The van der Waals surface area contributed by atoms with E-state index in [1.165, 1.54) is 0 Å². The number of anilines is 1. The molecule has 0 aliphatic heterocycles. The Hall–Kier alpha value is -3.13. The highest BCUT2D eigenvalue weighted by molar-refractivity contribution is 7.99. The second-order valence-corrected chi connectivity index (χ2v) is 6.79. The molecule has 4 rings (SSSR count). The lowest BCUT2D eigenvalue weighted by Gasteiger charge is -2.06. The van der Waals surface area contributed by atoms with Crippen molar-refractivity contribution < 1.29 is 4.79 Å². The molecule has 0 fully saturated rings. The van der Waals surface area contributed by atoms with Gasteiger partial charge in [-0.3, -0.25) is 4.79 Å². The number of hydrogen-bond donors (Lipinski definition) is 1. The summed E-state index contributed by atoms with van der Waals surface area (Å²) in [4.78, 5) is 22.3. The van der Waals surface area contributed by atoms with E-state index in [-0.39, 0.29) is 5.91 Å². The predicted molar refractivity (Wildman–Crippen MR) is 99.5 cm³/mol. The van der Waals surface area contributed by atoms with Gasteiger partial charge in [-0.05, 0) is 37.3 Å². The van der Waals surface area contributed by atoms with E-state index < -0.39 is 0 Å². The molecule has 130 valence electrons. The van der Waals surface area contributed by atoms with E-state index in [0.717, 1.165) is 10.1 Å². The van der Waals surface area contributed by atoms with Gasteiger partial charge in [0.05, 0.1) is 5.69 Å². The molecule has 8 heteroatoms. The van der Waals surface area contributed by atoms with Crippen molar-refractivity contribution in [1.29, 1.82) is 0 Å². The van der Waals surface area contributed by atoms with Gasteiger partial charge in [-0.2, -0.15) is 5.10 Å². The zero-order valence-corrected chi connectivity index (χ0v) is 15.1. The molecule has 4 aromatic rings. The Morgan fingerprint density at radius 2 is 1.92 bits per heavy atom. The van der Waals surface area contributed by atoms with E-state index in [1.807, 2.05) is 42.1 Å². The number of imidazole rings is 1. The lowest BCUT2D eigenvalue weighted by molar-refractivity contribution is 0.102. The summed E-state index contributed by atoms with van der Waals surface area (Å²) in [6.07, 6.45) is 7.10. The molecule has 3 heterocycles. The van der Waals surface area contributed by atoms with Gasteiger partial charge in [-0.1, -0.05) is 11.8 Å². The Morgan fingerprint density at radius 1 is 1.12 bits per heavy atom. The summed E-state index contributed by atoms with van der Waals surface area (Å²) in [5, 5.41) is 8.14. The van der Waals surface area contributed by atoms with Crippen LogP contribution in [0.1, 0.15) is 16.1 Å². The number of carbonyl (C=O) groups is 1. The molecule has 26 heavy (non-hydrogen) atoms. The first-order valence-corrected chi connectivity index (χ1v) is 8.80. The quantitative estimate of drug-likeness (QED) is 0.602. The van der Waals surface area contributed by atoms with Crippen LogP contribution in [0.25, 0.3) is 5.65 Å². The van der Waals surface area contributed by atoms with E-state index in [9.17, 15) is 4.79 Å². The van der Waals surface area contributed by atoms with Crippen molar-refractivity contribution in [1.82, 2.24) is 24.1 Å². The molecule has 1 aromatic carbocycles. The molecule has 0 saturated heterocycles. The van der Waals surface area contributed by atoms with Crippen LogP contribution >= 0.6 is 11.8 Å². The fourth-order valence-corrected chi connectivity index (χ4v) is 3.42. The van der Waals surface area contributed by atoms with Gasteiger partial charge < -0.3 is 9.88 Å². The van der Waals surface area contributed by atoms with Gasteiger partial charge in [0.1, 0.15) is 5.56 Å². The molecule has 0 atom stereocenters. The van der Waals surface area contributed by atoms with E-state index in [4.69, 9.17) is 0 Å². The second-order valence-electron chi connectivity index (χ2n) is 5.75. The van der Waals surface area contributed by atoms with Gasteiger partial charge in [0.25, 0.3) is 5.91 Å². The van der Waals surface area contributed by atoms with Crippen LogP contribution in [0.4, 0.5) is 5.69 Å². The van der Waals surface area contributed by atoms with Crippen LogP contribution in [0.5, 0.6) is 0 Å². The van der Waals surface area contributed by atoms with Gasteiger partial charge in [0.15, 0.2) is 10.8 Å². The van der Waals surface area contributed by atoms with Gasteiger partial charge in [0.2, 0.25) is 0 Å². The number of rotatable bonds is 4. The first-order valence-electron chi connectivity index (χ1n) is 7.98. The molecule has 0 spiro atoms. The summed E-state index contributed by atoms with van der Waals surface area (Å²) in [5.74, 6) is -0.222. The third-order valence-electron chi connectivity index (χ3n) is 3.90. The molecule has 1 N–H and O–H groups in total. The third kappa shape index (κ3) is 3.06. The minimum Gasteiger partial charge on any atom is -0.329 e. The number of carbonyl (C=O) groups excluding carboxylic acids is 1. The minimum absolute atomic E-state index is 0.222. The van der Waals surface area contributed by atoms with Crippen LogP contribution in [0.15, 0.2) is 65.2 Å². The van der Waals surface area contributed by atoms with Crippen LogP contribution in [0.2, 0.25) is 0 Å². The Kier molecular flexibility index (Phi) is 4.18. The number of amides is 1.